The van der Waals surface area contributed by atoms with Gasteiger partial charge in [-0.3, -0.25) is 4.79 Å². The van der Waals surface area contributed by atoms with Gasteiger partial charge in [-0.05, 0) is 30.4 Å². The number of aromatic nitrogens is 4. The van der Waals surface area contributed by atoms with Crippen molar-refractivity contribution in [2.24, 2.45) is 5.92 Å². The summed E-state index contributed by atoms with van der Waals surface area (Å²) in [7, 11) is 0. The summed E-state index contributed by atoms with van der Waals surface area (Å²) >= 11 is 0. The Labute approximate surface area is 147 Å². The van der Waals surface area contributed by atoms with E-state index in [1.807, 2.05) is 4.68 Å². The number of H-pyrrole nitrogens is 1. The van der Waals surface area contributed by atoms with Gasteiger partial charge >= 0.3 is 0 Å². The van der Waals surface area contributed by atoms with E-state index in [4.69, 9.17) is 4.98 Å². The number of rotatable bonds is 4. The van der Waals surface area contributed by atoms with Gasteiger partial charge in [0.2, 0.25) is 0 Å². The number of aromatic amines is 1. The molecule has 4 rings (SSSR count). The highest BCUT2D eigenvalue weighted by atomic mass is 16.1. The summed E-state index contributed by atoms with van der Waals surface area (Å²) in [6, 6.07) is 6.26. The molecule has 1 aliphatic rings. The van der Waals surface area contributed by atoms with Gasteiger partial charge in [-0.2, -0.15) is 5.10 Å². The second kappa shape index (κ2) is 6.47. The number of nitrogens with one attached hydrogen (secondary N) is 1. The molecular formula is C20H24N4O. The van der Waals surface area contributed by atoms with E-state index in [9.17, 15) is 4.79 Å². The summed E-state index contributed by atoms with van der Waals surface area (Å²) in [5.41, 5.74) is 3.98. The van der Waals surface area contributed by atoms with E-state index in [1.165, 1.54) is 31.2 Å². The molecule has 0 radical (unpaired) electrons. The fourth-order valence-corrected chi connectivity index (χ4v) is 4.02. The summed E-state index contributed by atoms with van der Waals surface area (Å²) in [5.74, 6) is 1.43. The Morgan fingerprint density at radius 1 is 1.28 bits per heavy atom. The first-order valence-corrected chi connectivity index (χ1v) is 9.23. The Balaban J connectivity index is 1.85. The zero-order valence-electron chi connectivity index (χ0n) is 14.9. The summed E-state index contributed by atoms with van der Waals surface area (Å²) in [6.07, 6.45) is 8.45. The van der Waals surface area contributed by atoms with E-state index in [1.54, 1.807) is 6.20 Å². The molecular weight excluding hydrogens is 312 g/mol. The van der Waals surface area contributed by atoms with Gasteiger partial charge in [0, 0.05) is 6.42 Å². The van der Waals surface area contributed by atoms with Crippen LogP contribution in [0.25, 0.3) is 16.7 Å². The number of hydrogen-bond acceptors (Lipinski definition) is 3. The summed E-state index contributed by atoms with van der Waals surface area (Å²) in [5, 5.41) is 5.06. The van der Waals surface area contributed by atoms with Gasteiger partial charge in [0.1, 0.15) is 11.2 Å². The van der Waals surface area contributed by atoms with Crippen LogP contribution < -0.4 is 5.56 Å². The molecule has 1 aliphatic carbocycles. The molecule has 0 aliphatic heterocycles. The highest BCUT2D eigenvalue weighted by Crippen LogP contribution is 2.27. The van der Waals surface area contributed by atoms with Crippen molar-refractivity contribution in [3.8, 4) is 5.69 Å². The Hall–Kier alpha value is -2.43. The lowest BCUT2D eigenvalue weighted by Gasteiger charge is -2.13. The zero-order chi connectivity index (χ0) is 17.4. The highest BCUT2D eigenvalue weighted by molar-refractivity contribution is 5.76. The predicted molar refractivity (Wildman–Crippen MR) is 99.3 cm³/mol. The summed E-state index contributed by atoms with van der Waals surface area (Å²) in [6.45, 7) is 4.21. The molecule has 0 spiro atoms. The Morgan fingerprint density at radius 3 is 2.84 bits per heavy atom. The lowest BCUT2D eigenvalue weighted by atomic mass is 10.0. The molecule has 1 aromatic carbocycles. The second-order valence-corrected chi connectivity index (χ2v) is 7.10. The van der Waals surface area contributed by atoms with Crippen LogP contribution >= 0.6 is 0 Å². The first-order valence-electron chi connectivity index (χ1n) is 9.23. The quantitative estimate of drug-likeness (QED) is 0.790. The number of aryl methyl sites for hydroxylation is 2. The van der Waals surface area contributed by atoms with Crippen molar-refractivity contribution in [2.45, 2.75) is 52.4 Å². The van der Waals surface area contributed by atoms with Gasteiger partial charge < -0.3 is 4.98 Å². The average molecular weight is 336 g/mol. The minimum atomic E-state index is -0.0871. The number of para-hydroxylation sites is 1. The van der Waals surface area contributed by atoms with Crippen LogP contribution in [0.15, 0.2) is 29.2 Å². The molecule has 1 fully saturated rings. The van der Waals surface area contributed by atoms with Crippen molar-refractivity contribution in [1.82, 2.24) is 19.7 Å². The van der Waals surface area contributed by atoms with E-state index in [-0.39, 0.29) is 5.56 Å². The normalized spacial score (nSPS) is 15.3. The van der Waals surface area contributed by atoms with Crippen molar-refractivity contribution < 1.29 is 0 Å². The van der Waals surface area contributed by atoms with Gasteiger partial charge in [-0.25, -0.2) is 9.67 Å². The standard InChI is InChI=1S/C20H24N4O/c1-3-15-10-6-7-13(2)18(15)24-19-16(12-21-24)20(25)23-17(22-19)11-14-8-4-5-9-14/h6-7,10,12,14H,3-5,8-9,11H2,1-2H3,(H,22,23,25). The van der Waals surface area contributed by atoms with Gasteiger partial charge in [0.05, 0.1) is 11.9 Å². The molecule has 1 saturated carbocycles. The van der Waals surface area contributed by atoms with Crippen molar-refractivity contribution >= 4 is 11.0 Å². The molecule has 0 unspecified atom stereocenters. The number of nitrogens with zero attached hydrogens (tertiary/aromatic N) is 3. The molecule has 3 aromatic rings. The van der Waals surface area contributed by atoms with Crippen LogP contribution in [-0.4, -0.2) is 19.7 Å². The van der Waals surface area contributed by atoms with E-state index in [0.717, 1.165) is 29.9 Å². The van der Waals surface area contributed by atoms with Crippen molar-refractivity contribution in [3.05, 3.63) is 51.7 Å². The number of benzene rings is 1. The monoisotopic (exact) mass is 336 g/mol. The molecule has 130 valence electrons. The van der Waals surface area contributed by atoms with E-state index in [0.29, 0.717) is 17.0 Å². The topological polar surface area (TPSA) is 63.6 Å². The van der Waals surface area contributed by atoms with Gasteiger partial charge in [-0.1, -0.05) is 50.8 Å². The molecule has 2 aromatic heterocycles. The number of hydrogen-bond donors (Lipinski definition) is 1. The van der Waals surface area contributed by atoms with Crippen molar-refractivity contribution in [3.63, 3.8) is 0 Å². The van der Waals surface area contributed by atoms with E-state index >= 15 is 0 Å². The average Bonchev–Trinajstić information content (AvgIpc) is 3.25. The van der Waals surface area contributed by atoms with E-state index in [2.05, 4.69) is 42.1 Å². The first kappa shape index (κ1) is 16.1. The van der Waals surface area contributed by atoms with Crippen LogP contribution in [-0.2, 0) is 12.8 Å². The largest absolute Gasteiger partial charge is 0.310 e. The highest BCUT2D eigenvalue weighted by Gasteiger charge is 2.19. The lowest BCUT2D eigenvalue weighted by Crippen LogP contribution is -2.15. The van der Waals surface area contributed by atoms with E-state index < -0.39 is 0 Å². The second-order valence-electron chi connectivity index (χ2n) is 7.10. The molecule has 1 N–H and O–H groups in total. The maximum atomic E-state index is 12.5. The Kier molecular flexibility index (Phi) is 4.15. The fraction of sp³-hybridized carbons (Fsp3) is 0.450. The molecule has 0 bridgehead atoms. The van der Waals surface area contributed by atoms with Crippen LogP contribution in [0.5, 0.6) is 0 Å². The molecule has 0 saturated heterocycles. The van der Waals surface area contributed by atoms with Crippen LogP contribution in [0, 0.1) is 12.8 Å². The predicted octanol–water partition coefficient (Wildman–Crippen LogP) is 3.71. The minimum Gasteiger partial charge on any atom is -0.310 e. The first-order chi connectivity index (χ1) is 12.2. The number of fused-ring (bicyclic) bond motifs is 1. The van der Waals surface area contributed by atoms with Crippen molar-refractivity contribution in [1.29, 1.82) is 0 Å². The molecule has 25 heavy (non-hydrogen) atoms. The minimum absolute atomic E-state index is 0.0871. The molecule has 2 heterocycles. The van der Waals surface area contributed by atoms with Crippen LogP contribution in [0.4, 0.5) is 0 Å². The van der Waals surface area contributed by atoms with Crippen LogP contribution in [0.3, 0.4) is 0 Å². The summed E-state index contributed by atoms with van der Waals surface area (Å²) in [4.78, 5) is 20.3. The maximum Gasteiger partial charge on any atom is 0.262 e. The fourth-order valence-electron chi connectivity index (χ4n) is 4.02. The summed E-state index contributed by atoms with van der Waals surface area (Å²) < 4.78 is 1.84. The Bertz CT molecular complexity index is 963. The van der Waals surface area contributed by atoms with Gasteiger partial charge in [0.15, 0.2) is 5.65 Å². The third-order valence-corrected chi connectivity index (χ3v) is 5.36. The smallest absolute Gasteiger partial charge is 0.262 e. The SMILES string of the molecule is CCc1cccc(C)c1-n1ncc2c(=O)[nH]c(CC3CCCC3)nc21. The third-order valence-electron chi connectivity index (χ3n) is 5.36. The van der Waals surface area contributed by atoms with Crippen molar-refractivity contribution in [2.75, 3.05) is 0 Å². The van der Waals surface area contributed by atoms with Crippen LogP contribution in [0.2, 0.25) is 0 Å². The molecule has 5 nitrogen and oxygen atoms in total. The lowest BCUT2D eigenvalue weighted by molar-refractivity contribution is 0.530. The van der Waals surface area contributed by atoms with Gasteiger partial charge in [0.25, 0.3) is 5.56 Å². The third kappa shape index (κ3) is 2.88. The Morgan fingerprint density at radius 2 is 2.08 bits per heavy atom. The van der Waals surface area contributed by atoms with Gasteiger partial charge in [-0.15, -0.1) is 0 Å². The van der Waals surface area contributed by atoms with Crippen LogP contribution in [0.1, 0.15) is 49.6 Å². The molecule has 0 amide bonds. The zero-order valence-corrected chi connectivity index (χ0v) is 14.9. The molecule has 5 heteroatoms. The molecule has 0 atom stereocenters. The maximum absolute atomic E-state index is 12.5.